The molecule has 0 spiro atoms. The highest BCUT2D eigenvalue weighted by Crippen LogP contribution is 2.30. The second kappa shape index (κ2) is 6.85. The smallest absolute Gasteiger partial charge is 0.243 e. The average molecular weight is 402 g/mol. The lowest BCUT2D eigenvalue weighted by atomic mass is 10.3. The highest BCUT2D eigenvalue weighted by molar-refractivity contribution is 9.11. The summed E-state index contributed by atoms with van der Waals surface area (Å²) in [6, 6.07) is 11.3. The summed E-state index contributed by atoms with van der Waals surface area (Å²) in [5.41, 5.74) is 1.37. The minimum absolute atomic E-state index is 0.110. The molecule has 0 aliphatic heterocycles. The predicted molar refractivity (Wildman–Crippen MR) is 85.4 cm³/mol. The van der Waals surface area contributed by atoms with Gasteiger partial charge >= 0.3 is 0 Å². The van der Waals surface area contributed by atoms with Gasteiger partial charge in [0.25, 0.3) is 0 Å². The van der Waals surface area contributed by atoms with Crippen molar-refractivity contribution in [3.8, 4) is 0 Å². The molecule has 104 valence electrons. The molecule has 20 heavy (non-hydrogen) atoms. The normalized spacial score (nSPS) is 10.2. The Kier molecular flexibility index (Phi) is 5.14. The van der Waals surface area contributed by atoms with Gasteiger partial charge in [0.1, 0.15) is 5.82 Å². The van der Waals surface area contributed by atoms with E-state index in [-0.39, 0.29) is 18.3 Å². The first-order chi connectivity index (χ1) is 9.56. The Morgan fingerprint density at radius 3 is 2.25 bits per heavy atom. The molecule has 0 bridgehead atoms. The van der Waals surface area contributed by atoms with Crippen molar-refractivity contribution in [1.29, 1.82) is 0 Å². The predicted octanol–water partition coefficient (Wildman–Crippen LogP) is 4.40. The number of para-hydroxylation sites is 1. The van der Waals surface area contributed by atoms with Gasteiger partial charge in [0, 0.05) is 14.6 Å². The fraction of sp³-hybridized carbons (Fsp3) is 0.0714. The summed E-state index contributed by atoms with van der Waals surface area (Å²) in [5, 5.41) is 5.71. The molecule has 0 heterocycles. The van der Waals surface area contributed by atoms with Crippen LogP contribution in [0.5, 0.6) is 0 Å². The number of halogens is 3. The van der Waals surface area contributed by atoms with Crippen molar-refractivity contribution in [3.05, 3.63) is 57.2 Å². The fourth-order valence-corrected chi connectivity index (χ4v) is 2.85. The van der Waals surface area contributed by atoms with Gasteiger partial charge in [-0.05, 0) is 68.3 Å². The molecule has 2 aromatic rings. The van der Waals surface area contributed by atoms with Gasteiger partial charge in [-0.15, -0.1) is 0 Å². The first-order valence-electron chi connectivity index (χ1n) is 5.79. The Hall–Kier alpha value is -1.40. The van der Waals surface area contributed by atoms with Crippen molar-refractivity contribution >= 4 is 49.1 Å². The minimum atomic E-state index is -0.335. The van der Waals surface area contributed by atoms with Crippen LogP contribution in [0.25, 0.3) is 0 Å². The monoisotopic (exact) mass is 400 g/mol. The zero-order chi connectivity index (χ0) is 14.5. The lowest BCUT2D eigenvalue weighted by Gasteiger charge is -2.11. The quantitative estimate of drug-likeness (QED) is 0.797. The third kappa shape index (κ3) is 4.05. The Morgan fingerprint density at radius 1 is 1.05 bits per heavy atom. The highest BCUT2D eigenvalue weighted by atomic mass is 79.9. The van der Waals surface area contributed by atoms with Crippen LogP contribution in [0.2, 0.25) is 0 Å². The van der Waals surface area contributed by atoms with E-state index in [0.29, 0.717) is 5.69 Å². The average Bonchev–Trinajstić information content (AvgIpc) is 2.41. The third-order valence-corrected chi connectivity index (χ3v) is 3.84. The van der Waals surface area contributed by atoms with Crippen LogP contribution in [0.15, 0.2) is 51.4 Å². The van der Waals surface area contributed by atoms with Gasteiger partial charge in [-0.1, -0.05) is 6.07 Å². The van der Waals surface area contributed by atoms with Crippen LogP contribution in [0.3, 0.4) is 0 Å². The molecular weight excluding hydrogens is 391 g/mol. The lowest BCUT2D eigenvalue weighted by molar-refractivity contribution is -0.114. The second-order valence-corrected chi connectivity index (χ2v) is 5.71. The molecule has 6 heteroatoms. The third-order valence-electron chi connectivity index (χ3n) is 2.52. The van der Waals surface area contributed by atoms with E-state index in [1.54, 1.807) is 0 Å². The van der Waals surface area contributed by atoms with Crippen LogP contribution < -0.4 is 10.6 Å². The van der Waals surface area contributed by atoms with Crippen LogP contribution in [0, 0.1) is 5.82 Å². The molecule has 0 atom stereocenters. The summed E-state index contributed by atoms with van der Waals surface area (Å²) in [4.78, 5) is 11.8. The number of carbonyl (C=O) groups is 1. The molecule has 2 N–H and O–H groups in total. The standard InChI is InChI=1S/C14H11Br2FN2O/c15-11-2-1-3-12(16)14(11)18-8-13(20)19-10-6-4-9(17)5-7-10/h1-7,18H,8H2,(H,19,20). The Bertz CT molecular complexity index is 597. The topological polar surface area (TPSA) is 41.1 Å². The van der Waals surface area contributed by atoms with Gasteiger partial charge in [-0.2, -0.15) is 0 Å². The number of rotatable bonds is 4. The van der Waals surface area contributed by atoms with Crippen LogP contribution in [-0.2, 0) is 4.79 Å². The Labute approximate surface area is 132 Å². The molecule has 2 aromatic carbocycles. The molecule has 3 nitrogen and oxygen atoms in total. The van der Waals surface area contributed by atoms with Gasteiger partial charge in [-0.25, -0.2) is 4.39 Å². The van der Waals surface area contributed by atoms with E-state index in [9.17, 15) is 9.18 Å². The first kappa shape index (κ1) is 15.0. The number of benzene rings is 2. The summed E-state index contributed by atoms with van der Waals surface area (Å²) in [6.07, 6.45) is 0. The van der Waals surface area contributed by atoms with Crippen molar-refractivity contribution in [2.75, 3.05) is 17.2 Å². The maximum atomic E-state index is 12.7. The summed E-state index contributed by atoms with van der Waals surface area (Å²) in [5.74, 6) is -0.544. The number of hydrogen-bond donors (Lipinski definition) is 2. The summed E-state index contributed by atoms with van der Waals surface area (Å²) < 4.78 is 14.5. The summed E-state index contributed by atoms with van der Waals surface area (Å²) in [7, 11) is 0. The van der Waals surface area contributed by atoms with E-state index in [4.69, 9.17) is 0 Å². The molecular formula is C14H11Br2FN2O. The van der Waals surface area contributed by atoms with E-state index >= 15 is 0 Å². The number of carbonyl (C=O) groups excluding carboxylic acids is 1. The zero-order valence-electron chi connectivity index (χ0n) is 10.3. The van der Waals surface area contributed by atoms with Gasteiger partial charge < -0.3 is 10.6 Å². The van der Waals surface area contributed by atoms with Crippen LogP contribution in [0.1, 0.15) is 0 Å². The Balaban J connectivity index is 1.94. The number of amides is 1. The van der Waals surface area contributed by atoms with E-state index in [0.717, 1.165) is 14.6 Å². The van der Waals surface area contributed by atoms with Gasteiger partial charge in [0.05, 0.1) is 12.2 Å². The molecule has 0 saturated heterocycles. The largest absolute Gasteiger partial charge is 0.374 e. The maximum absolute atomic E-state index is 12.7. The van der Waals surface area contributed by atoms with E-state index in [1.165, 1.54) is 24.3 Å². The Morgan fingerprint density at radius 2 is 1.65 bits per heavy atom. The first-order valence-corrected chi connectivity index (χ1v) is 7.38. The van der Waals surface area contributed by atoms with Gasteiger partial charge in [0.15, 0.2) is 0 Å². The number of nitrogens with one attached hydrogen (secondary N) is 2. The lowest BCUT2D eigenvalue weighted by Crippen LogP contribution is -2.22. The van der Waals surface area contributed by atoms with E-state index in [1.807, 2.05) is 18.2 Å². The molecule has 0 aliphatic carbocycles. The summed E-state index contributed by atoms with van der Waals surface area (Å²) in [6.45, 7) is 0.110. The molecule has 0 unspecified atom stereocenters. The molecule has 0 radical (unpaired) electrons. The molecule has 0 aliphatic rings. The van der Waals surface area contributed by atoms with E-state index < -0.39 is 0 Å². The van der Waals surface area contributed by atoms with Gasteiger partial charge in [-0.3, -0.25) is 4.79 Å². The van der Waals surface area contributed by atoms with E-state index in [2.05, 4.69) is 42.5 Å². The maximum Gasteiger partial charge on any atom is 0.243 e. The van der Waals surface area contributed by atoms with Gasteiger partial charge in [0.2, 0.25) is 5.91 Å². The highest BCUT2D eigenvalue weighted by Gasteiger charge is 2.07. The van der Waals surface area contributed by atoms with Crippen LogP contribution in [0.4, 0.5) is 15.8 Å². The number of anilines is 2. The van der Waals surface area contributed by atoms with Crippen LogP contribution in [-0.4, -0.2) is 12.5 Å². The van der Waals surface area contributed by atoms with Crippen molar-refractivity contribution in [3.63, 3.8) is 0 Å². The second-order valence-electron chi connectivity index (χ2n) is 4.01. The van der Waals surface area contributed by atoms with Crippen LogP contribution >= 0.6 is 31.9 Å². The minimum Gasteiger partial charge on any atom is -0.374 e. The molecule has 1 amide bonds. The molecule has 0 aromatic heterocycles. The zero-order valence-corrected chi connectivity index (χ0v) is 13.5. The molecule has 0 saturated carbocycles. The molecule has 2 rings (SSSR count). The van der Waals surface area contributed by atoms with Crippen molar-refractivity contribution in [2.45, 2.75) is 0 Å². The fourth-order valence-electron chi connectivity index (χ4n) is 1.57. The van der Waals surface area contributed by atoms with Crippen molar-refractivity contribution < 1.29 is 9.18 Å². The summed E-state index contributed by atoms with van der Waals surface area (Å²) >= 11 is 6.81. The SMILES string of the molecule is O=C(CNc1c(Br)cccc1Br)Nc1ccc(F)cc1. The molecule has 0 fully saturated rings. The number of hydrogen-bond acceptors (Lipinski definition) is 2. The van der Waals surface area contributed by atoms with Crippen molar-refractivity contribution in [2.24, 2.45) is 0 Å². The van der Waals surface area contributed by atoms with Crippen molar-refractivity contribution in [1.82, 2.24) is 0 Å².